The molecular weight excluding hydrogens is 801 g/mol. The van der Waals surface area contributed by atoms with Crippen LogP contribution in [-0.2, 0) is 39.4 Å². The van der Waals surface area contributed by atoms with Crippen LogP contribution in [0.25, 0.3) is 44.5 Å². The molecule has 0 fully saturated rings. The fourth-order valence-corrected chi connectivity index (χ4v) is 9.88. The summed E-state index contributed by atoms with van der Waals surface area (Å²) in [6.07, 6.45) is 10.0. The summed E-state index contributed by atoms with van der Waals surface area (Å²) in [5.41, 5.74) is 12.0. The number of rotatable bonds is 4. The molecule has 1 aliphatic carbocycles. The van der Waals surface area contributed by atoms with Gasteiger partial charge in [-0.1, -0.05) is 28.6 Å². The van der Waals surface area contributed by atoms with E-state index in [0.717, 1.165) is 51.9 Å². The van der Waals surface area contributed by atoms with Gasteiger partial charge in [0.1, 0.15) is 5.58 Å². The molecule has 3 aromatic carbocycles. The zero-order valence-corrected chi connectivity index (χ0v) is 32.7. The second-order valence-corrected chi connectivity index (χ2v) is 25.2. The van der Waals surface area contributed by atoms with Gasteiger partial charge in [-0.3, -0.25) is 0 Å². The van der Waals surface area contributed by atoms with Crippen molar-refractivity contribution < 1.29 is 24.5 Å². The number of hydrogen-bond donors (Lipinski definition) is 0. The minimum Gasteiger partial charge on any atom is -0.500 e. The van der Waals surface area contributed by atoms with Crippen LogP contribution >= 0.6 is 0 Å². The van der Waals surface area contributed by atoms with E-state index in [1.54, 1.807) is 0 Å². The van der Waals surface area contributed by atoms with Gasteiger partial charge in [-0.2, -0.15) is 0 Å². The first kappa shape index (κ1) is 34.3. The van der Waals surface area contributed by atoms with E-state index in [-0.39, 0.29) is 20.1 Å². The van der Waals surface area contributed by atoms with Crippen molar-refractivity contribution in [1.82, 2.24) is 9.97 Å². The first-order chi connectivity index (χ1) is 21.5. The zero-order chi connectivity index (χ0) is 31.8. The van der Waals surface area contributed by atoms with Crippen LogP contribution in [0.15, 0.2) is 83.5 Å². The fraction of sp³-hybridized carbons (Fsp3) is 0.317. The summed E-state index contributed by atoms with van der Waals surface area (Å²) in [4.78, 5) is 9.42. The molecule has 3 aromatic heterocycles. The van der Waals surface area contributed by atoms with E-state index in [2.05, 4.69) is 93.6 Å². The Kier molecular flexibility index (Phi) is 10.4. The van der Waals surface area contributed by atoms with Crippen molar-refractivity contribution in [2.24, 2.45) is 5.41 Å². The van der Waals surface area contributed by atoms with Crippen molar-refractivity contribution in [1.29, 1.82) is 0 Å². The van der Waals surface area contributed by atoms with E-state index in [1.165, 1.54) is 51.3 Å². The van der Waals surface area contributed by atoms with Crippen LogP contribution in [0.4, 0.5) is 0 Å². The molecule has 0 unspecified atom stereocenters. The van der Waals surface area contributed by atoms with E-state index in [0.29, 0.717) is 5.41 Å². The normalized spacial score (nSPS) is 13.1. The largest absolute Gasteiger partial charge is 0.500 e. The van der Waals surface area contributed by atoms with Crippen LogP contribution in [0, 0.1) is 24.5 Å². The third kappa shape index (κ3) is 7.57. The predicted molar refractivity (Wildman–Crippen MR) is 192 cm³/mol. The fourth-order valence-electron chi connectivity index (χ4n) is 6.57. The molecule has 46 heavy (non-hydrogen) atoms. The Labute approximate surface area is 291 Å². The second kappa shape index (κ2) is 14.0. The molecule has 3 heterocycles. The molecule has 6 aromatic rings. The van der Waals surface area contributed by atoms with Crippen LogP contribution in [-0.4, -0.2) is 23.2 Å². The molecular formula is C41H44GeIrN2O-2. The number of benzene rings is 3. The summed E-state index contributed by atoms with van der Waals surface area (Å²) < 4.78 is 7.52. The van der Waals surface area contributed by atoms with E-state index in [4.69, 9.17) is 14.4 Å². The number of aryl methyl sites for hydroxylation is 2. The van der Waals surface area contributed by atoms with Gasteiger partial charge in [-0.15, -0.1) is 23.8 Å². The minimum absolute atomic E-state index is 0. The van der Waals surface area contributed by atoms with Crippen molar-refractivity contribution in [3.8, 4) is 22.5 Å². The van der Waals surface area contributed by atoms with Gasteiger partial charge in [0, 0.05) is 31.7 Å². The molecule has 3 nitrogen and oxygen atoms in total. The maximum Gasteiger partial charge on any atom is 0.121 e. The van der Waals surface area contributed by atoms with Crippen molar-refractivity contribution >= 4 is 39.6 Å². The van der Waals surface area contributed by atoms with E-state index in [1.807, 2.05) is 42.6 Å². The molecule has 1 radical (unpaired) electrons. The summed E-state index contributed by atoms with van der Waals surface area (Å²) in [6.45, 7) is 9.06. The van der Waals surface area contributed by atoms with Gasteiger partial charge in [-0.25, -0.2) is 0 Å². The van der Waals surface area contributed by atoms with Crippen LogP contribution in [0.1, 0.15) is 55.9 Å². The van der Waals surface area contributed by atoms with Crippen LogP contribution in [0.3, 0.4) is 0 Å². The van der Waals surface area contributed by atoms with Crippen molar-refractivity contribution in [2.45, 2.75) is 77.1 Å². The summed E-state index contributed by atoms with van der Waals surface area (Å²) in [6, 6.07) is 29.6. The van der Waals surface area contributed by atoms with Crippen LogP contribution in [0.5, 0.6) is 0 Å². The third-order valence-electron chi connectivity index (χ3n) is 8.67. The van der Waals surface area contributed by atoms with Gasteiger partial charge in [0.2, 0.25) is 0 Å². The number of furan rings is 1. The number of aromatic nitrogens is 2. The SMILES string of the molecule is CC(C)(C)Cc1cc(-c2[c-]cccc2)nc[c]1[Ge]([CH3])([CH3])[CH3].Cc1cccc2oc3c[c-]c(-c4nccc5c4CCCC5)cc3c12.[Ir]. The van der Waals surface area contributed by atoms with Gasteiger partial charge >= 0.3 is 132 Å². The molecule has 239 valence electrons. The summed E-state index contributed by atoms with van der Waals surface area (Å²) in [5.74, 6) is 7.33. The van der Waals surface area contributed by atoms with Gasteiger partial charge in [0.15, 0.2) is 0 Å². The Hall–Kier alpha value is -3.05. The molecule has 0 atom stereocenters. The van der Waals surface area contributed by atoms with Crippen LogP contribution < -0.4 is 4.40 Å². The van der Waals surface area contributed by atoms with Gasteiger partial charge in [0.05, 0.1) is 5.58 Å². The van der Waals surface area contributed by atoms with Crippen molar-refractivity contribution in [3.05, 3.63) is 114 Å². The first-order valence-corrected chi connectivity index (χ1v) is 23.6. The number of fused-ring (bicyclic) bond motifs is 4. The standard InChI is InChI=1S/C22H18NO.C19H26GeN.Ir/c1-14-5-4-8-20-21(14)18-13-16(9-10-19(18)24-20)22-17-7-3-2-6-15(17)11-12-23-22;1-19(2,3)13-16-12-18(15-10-8-7-9-11-15)21-14-17(16)20(4,5)6;/h4-5,8,10-13H,2-3,6-7H2,1H3;7-10,12,14H,13H2,1-6H3;/q2*-1;. The number of nitrogens with zero attached hydrogens (tertiary/aromatic N) is 2. The first-order valence-electron chi connectivity index (χ1n) is 16.3. The second-order valence-electron chi connectivity index (χ2n) is 14.7. The Balaban J connectivity index is 0.000000179. The average Bonchev–Trinajstić information content (AvgIpc) is 3.39. The Morgan fingerprint density at radius 2 is 1.67 bits per heavy atom. The van der Waals surface area contributed by atoms with E-state index < -0.39 is 13.3 Å². The Bertz CT molecular complexity index is 1970. The number of pyridine rings is 2. The molecule has 1 aliphatic rings. The van der Waals surface area contributed by atoms with E-state index >= 15 is 0 Å². The quantitative estimate of drug-likeness (QED) is 0.131. The summed E-state index contributed by atoms with van der Waals surface area (Å²) in [7, 11) is 0. The topological polar surface area (TPSA) is 38.9 Å². The predicted octanol–water partition coefficient (Wildman–Crippen LogP) is 10.3. The average molecular weight is 846 g/mol. The Morgan fingerprint density at radius 3 is 2.41 bits per heavy atom. The molecule has 5 heteroatoms. The number of hydrogen-bond acceptors (Lipinski definition) is 3. The molecule has 0 saturated heterocycles. The van der Waals surface area contributed by atoms with Crippen molar-refractivity contribution in [3.63, 3.8) is 0 Å². The molecule has 0 amide bonds. The molecule has 0 saturated carbocycles. The zero-order valence-electron chi connectivity index (χ0n) is 28.2. The molecule has 0 N–H and O–H groups in total. The van der Waals surface area contributed by atoms with Crippen molar-refractivity contribution in [2.75, 3.05) is 0 Å². The van der Waals surface area contributed by atoms with E-state index in [9.17, 15) is 0 Å². The molecule has 0 aliphatic heterocycles. The third-order valence-corrected chi connectivity index (χ3v) is 13.0. The smallest absolute Gasteiger partial charge is 0.121 e. The maximum atomic E-state index is 5.99. The molecule has 0 bridgehead atoms. The summed E-state index contributed by atoms with van der Waals surface area (Å²) in [5, 5.41) is 2.36. The van der Waals surface area contributed by atoms with Gasteiger partial charge in [0.25, 0.3) is 0 Å². The van der Waals surface area contributed by atoms with Gasteiger partial charge < -0.3 is 9.40 Å². The van der Waals surface area contributed by atoms with Gasteiger partial charge in [-0.05, 0) is 56.0 Å². The monoisotopic (exact) mass is 847 g/mol. The minimum atomic E-state index is -1.90. The van der Waals surface area contributed by atoms with Crippen LogP contribution in [0.2, 0.25) is 17.3 Å². The maximum absolute atomic E-state index is 5.99. The Morgan fingerprint density at radius 1 is 0.870 bits per heavy atom. The molecule has 0 spiro atoms. The molecule has 7 rings (SSSR count). The summed E-state index contributed by atoms with van der Waals surface area (Å²) >= 11 is -1.90.